The number of nitrogens with one attached hydrogen (secondary N) is 3. The summed E-state index contributed by atoms with van der Waals surface area (Å²) in [5, 5.41) is 5.91. The zero-order valence-corrected chi connectivity index (χ0v) is 20.4. The lowest BCUT2D eigenvalue weighted by molar-refractivity contribution is -0.121. The van der Waals surface area contributed by atoms with Crippen molar-refractivity contribution in [2.75, 3.05) is 17.2 Å². The van der Waals surface area contributed by atoms with E-state index in [0.717, 1.165) is 48.9 Å². The van der Waals surface area contributed by atoms with E-state index in [-0.39, 0.29) is 28.5 Å². The van der Waals surface area contributed by atoms with Crippen molar-refractivity contribution in [2.24, 2.45) is 11.8 Å². The quantitative estimate of drug-likeness (QED) is 0.548. The van der Waals surface area contributed by atoms with Crippen molar-refractivity contribution in [3.63, 3.8) is 0 Å². The Kier molecular flexibility index (Phi) is 7.68. The Morgan fingerprint density at radius 3 is 2.59 bits per heavy atom. The van der Waals surface area contributed by atoms with Gasteiger partial charge < -0.3 is 10.6 Å². The number of rotatable bonds is 7. The smallest absolute Gasteiger partial charge is 0.240 e. The van der Waals surface area contributed by atoms with Crippen LogP contribution in [0.1, 0.15) is 56.6 Å². The van der Waals surface area contributed by atoms with E-state index in [1.807, 2.05) is 24.3 Å². The summed E-state index contributed by atoms with van der Waals surface area (Å²) in [5.74, 6) is 0.183. The summed E-state index contributed by atoms with van der Waals surface area (Å²) in [7, 11) is -3.64. The van der Waals surface area contributed by atoms with Crippen LogP contribution in [0.3, 0.4) is 0 Å². The van der Waals surface area contributed by atoms with Gasteiger partial charge in [0, 0.05) is 30.3 Å². The largest absolute Gasteiger partial charge is 0.326 e. The third kappa shape index (κ3) is 5.85. The molecule has 0 radical (unpaired) electrons. The van der Waals surface area contributed by atoms with Crippen molar-refractivity contribution in [3.8, 4) is 0 Å². The maximum Gasteiger partial charge on any atom is 0.240 e. The Hall–Kier alpha value is -2.71. The second-order valence-corrected chi connectivity index (χ2v) is 11.1. The molecule has 1 heterocycles. The van der Waals surface area contributed by atoms with Gasteiger partial charge >= 0.3 is 0 Å². The molecule has 182 valence electrons. The Balaban J connectivity index is 1.29. The van der Waals surface area contributed by atoms with E-state index in [1.165, 1.54) is 0 Å². The number of carbonyl (C=O) groups excluding carboxylic acids is 2. The molecule has 1 aliphatic carbocycles. The Labute approximate surface area is 201 Å². The van der Waals surface area contributed by atoms with Crippen molar-refractivity contribution >= 4 is 33.2 Å². The first-order chi connectivity index (χ1) is 16.4. The molecule has 0 unspecified atom stereocenters. The van der Waals surface area contributed by atoms with Crippen LogP contribution in [-0.4, -0.2) is 26.8 Å². The van der Waals surface area contributed by atoms with Crippen LogP contribution in [0, 0.1) is 11.8 Å². The Morgan fingerprint density at radius 2 is 1.82 bits per heavy atom. The highest BCUT2D eigenvalue weighted by Crippen LogP contribution is 2.30. The maximum absolute atomic E-state index is 12.9. The molecule has 2 aromatic rings. The number of aryl methyl sites for hydroxylation is 2. The van der Waals surface area contributed by atoms with Crippen molar-refractivity contribution in [3.05, 3.63) is 53.6 Å². The van der Waals surface area contributed by atoms with Crippen molar-refractivity contribution < 1.29 is 18.0 Å². The topological polar surface area (TPSA) is 104 Å². The van der Waals surface area contributed by atoms with Crippen molar-refractivity contribution in [2.45, 2.75) is 63.2 Å². The fourth-order valence-corrected chi connectivity index (χ4v) is 6.01. The van der Waals surface area contributed by atoms with Gasteiger partial charge in [0.2, 0.25) is 21.8 Å². The van der Waals surface area contributed by atoms with Gasteiger partial charge in [-0.3, -0.25) is 9.59 Å². The molecule has 8 heteroatoms. The van der Waals surface area contributed by atoms with Crippen LogP contribution in [0.15, 0.2) is 47.4 Å². The molecular formula is C26H33N3O4S. The van der Waals surface area contributed by atoms with Crippen molar-refractivity contribution in [1.29, 1.82) is 0 Å². The number of anilines is 2. The van der Waals surface area contributed by atoms with Crippen molar-refractivity contribution in [1.82, 2.24) is 4.72 Å². The second-order valence-electron chi connectivity index (χ2n) is 9.29. The molecule has 2 aromatic carbocycles. The lowest BCUT2D eigenvalue weighted by atomic mass is 9.81. The monoisotopic (exact) mass is 483 g/mol. The first-order valence-electron chi connectivity index (χ1n) is 12.2. The number of para-hydroxylation sites is 1. The van der Waals surface area contributed by atoms with E-state index in [4.69, 9.17) is 0 Å². The lowest BCUT2D eigenvalue weighted by Gasteiger charge is -2.28. The van der Waals surface area contributed by atoms with Gasteiger partial charge in [0.15, 0.2) is 0 Å². The minimum Gasteiger partial charge on any atom is -0.326 e. The Bertz CT molecular complexity index is 1150. The van der Waals surface area contributed by atoms with Gasteiger partial charge in [-0.25, -0.2) is 13.1 Å². The fourth-order valence-electron chi connectivity index (χ4n) is 4.84. The molecule has 1 saturated carbocycles. The van der Waals surface area contributed by atoms with Crippen LogP contribution in [0.2, 0.25) is 0 Å². The van der Waals surface area contributed by atoms with Crippen LogP contribution < -0.4 is 15.4 Å². The molecule has 0 aromatic heterocycles. The van der Waals surface area contributed by atoms with Gasteiger partial charge in [0.1, 0.15) is 0 Å². The third-order valence-electron chi connectivity index (χ3n) is 6.95. The fraction of sp³-hybridized carbons (Fsp3) is 0.462. The summed E-state index contributed by atoms with van der Waals surface area (Å²) in [6.45, 7) is 2.43. The first-order valence-corrected chi connectivity index (χ1v) is 13.6. The van der Waals surface area contributed by atoms with Gasteiger partial charge in [-0.1, -0.05) is 25.1 Å². The zero-order chi connectivity index (χ0) is 24.1. The number of amides is 2. The number of fused-ring (bicyclic) bond motifs is 1. The minimum absolute atomic E-state index is 0.0358. The van der Waals surface area contributed by atoms with Gasteiger partial charge in [0.05, 0.1) is 4.90 Å². The highest BCUT2D eigenvalue weighted by atomic mass is 32.2. The summed E-state index contributed by atoms with van der Waals surface area (Å²) in [6.07, 6.45) is 5.82. The SMILES string of the molecule is CCc1ccccc1NC(=O)C1CCC(CNS(=O)(=O)c2ccc3c(c2)CCCC(=O)N3)CC1. The molecular weight excluding hydrogens is 450 g/mol. The zero-order valence-electron chi connectivity index (χ0n) is 19.6. The second kappa shape index (κ2) is 10.7. The van der Waals surface area contributed by atoms with Gasteiger partial charge in [-0.05, 0) is 86.3 Å². The summed E-state index contributed by atoms with van der Waals surface area (Å²) < 4.78 is 28.5. The highest BCUT2D eigenvalue weighted by molar-refractivity contribution is 7.89. The average Bonchev–Trinajstić information content (AvgIpc) is 3.03. The van der Waals surface area contributed by atoms with E-state index in [1.54, 1.807) is 18.2 Å². The summed E-state index contributed by atoms with van der Waals surface area (Å²) in [5.41, 5.74) is 3.55. The molecule has 3 N–H and O–H groups in total. The standard InChI is InChI=1S/C26H33N3O4S/c1-2-19-6-3-4-8-23(19)29-26(31)20-12-10-18(11-13-20)17-27-34(32,33)22-14-15-24-21(16-22)7-5-9-25(30)28-24/h3-4,6,8,14-16,18,20,27H,2,5,7,9-13,17H2,1H3,(H,28,30)(H,29,31). The van der Waals surface area contributed by atoms with E-state index in [0.29, 0.717) is 31.5 Å². The molecule has 0 saturated heterocycles. The number of hydrogen-bond acceptors (Lipinski definition) is 4. The van der Waals surface area contributed by atoms with Gasteiger partial charge in [0.25, 0.3) is 0 Å². The molecule has 0 atom stereocenters. The van der Waals surface area contributed by atoms with Gasteiger partial charge in [-0.2, -0.15) is 0 Å². The number of benzene rings is 2. The summed E-state index contributed by atoms with van der Waals surface area (Å²) >= 11 is 0. The molecule has 34 heavy (non-hydrogen) atoms. The molecule has 0 bridgehead atoms. The lowest BCUT2D eigenvalue weighted by Crippen LogP contribution is -2.33. The predicted molar refractivity (Wildman–Crippen MR) is 133 cm³/mol. The molecule has 4 rings (SSSR count). The van der Waals surface area contributed by atoms with Gasteiger partial charge in [-0.15, -0.1) is 0 Å². The molecule has 1 aliphatic heterocycles. The minimum atomic E-state index is -3.64. The van der Waals surface area contributed by atoms with E-state index >= 15 is 0 Å². The third-order valence-corrected chi connectivity index (χ3v) is 8.37. The normalized spacial score (nSPS) is 20.7. The van der Waals surface area contributed by atoms with Crippen LogP contribution in [0.4, 0.5) is 11.4 Å². The highest BCUT2D eigenvalue weighted by Gasteiger charge is 2.28. The van der Waals surface area contributed by atoms with E-state index in [9.17, 15) is 18.0 Å². The summed E-state index contributed by atoms with van der Waals surface area (Å²) in [4.78, 5) is 24.7. The maximum atomic E-state index is 12.9. The van der Waals surface area contributed by atoms with E-state index < -0.39 is 10.0 Å². The number of carbonyl (C=O) groups is 2. The number of hydrogen-bond donors (Lipinski definition) is 3. The Morgan fingerprint density at radius 1 is 1.06 bits per heavy atom. The van der Waals surface area contributed by atoms with Crippen LogP contribution in [0.5, 0.6) is 0 Å². The molecule has 0 spiro atoms. The molecule has 2 amide bonds. The van der Waals surface area contributed by atoms with Crippen LogP contribution in [-0.2, 0) is 32.5 Å². The van der Waals surface area contributed by atoms with Crippen LogP contribution in [0.25, 0.3) is 0 Å². The predicted octanol–water partition coefficient (Wildman–Crippen LogP) is 4.25. The summed E-state index contributed by atoms with van der Waals surface area (Å²) in [6, 6.07) is 12.8. The average molecular weight is 484 g/mol. The van der Waals surface area contributed by atoms with Crippen LogP contribution >= 0.6 is 0 Å². The number of sulfonamides is 1. The van der Waals surface area contributed by atoms with E-state index in [2.05, 4.69) is 22.3 Å². The molecule has 1 fully saturated rings. The molecule has 2 aliphatic rings. The first kappa shape index (κ1) is 24.4. The molecule has 7 nitrogen and oxygen atoms in total.